The number of aliphatic hydroxyl groups excluding tert-OH is 1. The van der Waals surface area contributed by atoms with E-state index in [1.165, 1.54) is 10.0 Å². The molecule has 1 aromatic rings. The molecule has 1 N–H and O–H groups in total. The van der Waals surface area contributed by atoms with Gasteiger partial charge in [-0.25, -0.2) is 0 Å². The van der Waals surface area contributed by atoms with Crippen LogP contribution in [-0.4, -0.2) is 11.7 Å². The molecule has 0 fully saturated rings. The highest BCUT2D eigenvalue weighted by Crippen LogP contribution is 2.17. The van der Waals surface area contributed by atoms with Crippen LogP contribution in [0.3, 0.4) is 0 Å². The maximum absolute atomic E-state index is 8.60. The van der Waals surface area contributed by atoms with Gasteiger partial charge in [0.1, 0.15) is 0 Å². The van der Waals surface area contributed by atoms with Gasteiger partial charge < -0.3 is 5.11 Å². The van der Waals surface area contributed by atoms with Gasteiger partial charge >= 0.3 is 0 Å². The molecule has 0 bridgehead atoms. The zero-order valence-corrected chi connectivity index (χ0v) is 10.4. The van der Waals surface area contributed by atoms with E-state index in [0.29, 0.717) is 0 Å². The lowest BCUT2D eigenvalue weighted by atomic mass is 10.1. The van der Waals surface area contributed by atoms with Crippen LogP contribution in [-0.2, 0) is 6.42 Å². The van der Waals surface area contributed by atoms with Crippen molar-refractivity contribution in [2.24, 2.45) is 0 Å². The highest BCUT2D eigenvalue weighted by Gasteiger charge is 1.95. The van der Waals surface area contributed by atoms with Gasteiger partial charge in [0.05, 0.1) is 0 Å². The summed E-state index contributed by atoms with van der Waals surface area (Å²) in [4.78, 5) is 0. The van der Waals surface area contributed by atoms with Crippen LogP contribution >= 0.6 is 15.9 Å². The van der Waals surface area contributed by atoms with Crippen molar-refractivity contribution in [1.29, 1.82) is 0 Å². The van der Waals surface area contributed by atoms with Crippen LogP contribution in [0, 0.1) is 0 Å². The Morgan fingerprint density at radius 1 is 1.13 bits per heavy atom. The normalized spacial score (nSPS) is 11.1. The lowest BCUT2D eigenvalue weighted by Gasteiger charge is -2.00. The van der Waals surface area contributed by atoms with Crippen molar-refractivity contribution >= 4 is 15.9 Å². The third-order valence-corrected chi connectivity index (χ3v) is 3.01. The van der Waals surface area contributed by atoms with Crippen molar-refractivity contribution in [1.82, 2.24) is 0 Å². The van der Waals surface area contributed by atoms with E-state index in [1.807, 2.05) is 6.07 Å². The number of unbranched alkanes of at least 4 members (excludes halogenated alkanes) is 1. The molecule has 1 nitrogen and oxygen atoms in total. The first-order valence-electron chi connectivity index (χ1n) is 5.34. The van der Waals surface area contributed by atoms with Gasteiger partial charge in [-0.05, 0) is 37.3 Å². The first-order valence-corrected chi connectivity index (χ1v) is 6.13. The molecular formula is C13H17BrO. The summed E-state index contributed by atoms with van der Waals surface area (Å²) in [7, 11) is 0. The summed E-state index contributed by atoms with van der Waals surface area (Å²) in [5, 5.41) is 8.60. The zero-order valence-electron chi connectivity index (χ0n) is 8.82. The van der Waals surface area contributed by atoms with Crippen molar-refractivity contribution in [2.45, 2.75) is 25.7 Å². The first-order chi connectivity index (χ1) is 7.34. The average molecular weight is 269 g/mol. The van der Waals surface area contributed by atoms with E-state index in [1.54, 1.807) is 0 Å². The Labute approximate surface area is 100.0 Å². The molecule has 0 radical (unpaired) electrons. The fourth-order valence-electron chi connectivity index (χ4n) is 1.38. The van der Waals surface area contributed by atoms with Gasteiger partial charge in [-0.15, -0.1) is 0 Å². The van der Waals surface area contributed by atoms with Crippen LogP contribution in [0.2, 0.25) is 0 Å². The van der Waals surface area contributed by atoms with Crippen LogP contribution in [0.5, 0.6) is 0 Å². The van der Waals surface area contributed by atoms with Crippen LogP contribution < -0.4 is 0 Å². The molecule has 0 atom stereocenters. The maximum atomic E-state index is 8.60. The molecule has 0 aromatic heterocycles. The molecule has 0 aliphatic rings. The second kappa shape index (κ2) is 7.66. The summed E-state index contributed by atoms with van der Waals surface area (Å²) in [6.45, 7) is 0.286. The quantitative estimate of drug-likeness (QED) is 0.616. The van der Waals surface area contributed by atoms with Crippen LogP contribution in [0.25, 0.3) is 0 Å². The number of hydrogen-bond donors (Lipinski definition) is 1. The monoisotopic (exact) mass is 268 g/mol. The molecule has 1 rings (SSSR count). The maximum Gasteiger partial charge on any atom is 0.0433 e. The van der Waals surface area contributed by atoms with E-state index in [2.05, 4.69) is 46.3 Å². The van der Waals surface area contributed by atoms with Crippen molar-refractivity contribution in [3.8, 4) is 0 Å². The Hall–Kier alpha value is -0.600. The average Bonchev–Trinajstić information content (AvgIpc) is 2.25. The fourth-order valence-corrected chi connectivity index (χ4v) is 1.87. The largest absolute Gasteiger partial charge is 0.396 e. The molecule has 15 heavy (non-hydrogen) atoms. The van der Waals surface area contributed by atoms with E-state index in [0.717, 1.165) is 25.7 Å². The summed E-state index contributed by atoms with van der Waals surface area (Å²) in [6.07, 6.45) is 8.31. The lowest BCUT2D eigenvalue weighted by Crippen LogP contribution is -1.84. The summed E-state index contributed by atoms with van der Waals surface area (Å²) in [5.74, 6) is 0. The number of hydrogen-bond acceptors (Lipinski definition) is 1. The molecule has 0 unspecified atom stereocenters. The topological polar surface area (TPSA) is 20.2 Å². The Balaban J connectivity index is 2.26. The molecule has 1 aromatic carbocycles. The fraction of sp³-hybridized carbons (Fsp3) is 0.385. The summed E-state index contributed by atoms with van der Waals surface area (Å²) >= 11 is 3.53. The third kappa shape index (κ3) is 5.14. The van der Waals surface area contributed by atoms with Crippen LogP contribution in [0.1, 0.15) is 24.8 Å². The molecule has 0 aliphatic heterocycles. The summed E-state index contributed by atoms with van der Waals surface area (Å²) in [5.41, 5.74) is 1.35. The molecular weight excluding hydrogens is 252 g/mol. The highest BCUT2D eigenvalue weighted by molar-refractivity contribution is 9.10. The van der Waals surface area contributed by atoms with Gasteiger partial charge in [-0.2, -0.15) is 0 Å². The van der Waals surface area contributed by atoms with Gasteiger partial charge in [0, 0.05) is 11.1 Å². The van der Waals surface area contributed by atoms with E-state index in [4.69, 9.17) is 5.11 Å². The molecule has 0 amide bonds. The predicted molar refractivity (Wildman–Crippen MR) is 67.9 cm³/mol. The van der Waals surface area contributed by atoms with Crippen LogP contribution in [0.4, 0.5) is 0 Å². The third-order valence-electron chi connectivity index (χ3n) is 2.23. The Bertz CT molecular complexity index is 307. The minimum atomic E-state index is 0.286. The van der Waals surface area contributed by atoms with Gasteiger partial charge in [0.25, 0.3) is 0 Å². The Morgan fingerprint density at radius 3 is 2.60 bits per heavy atom. The minimum Gasteiger partial charge on any atom is -0.396 e. The van der Waals surface area contributed by atoms with E-state index >= 15 is 0 Å². The van der Waals surface area contributed by atoms with Gasteiger partial charge in [0.2, 0.25) is 0 Å². The van der Waals surface area contributed by atoms with Crippen LogP contribution in [0.15, 0.2) is 40.9 Å². The molecule has 0 aliphatic carbocycles. The van der Waals surface area contributed by atoms with Gasteiger partial charge in [-0.3, -0.25) is 0 Å². The number of aryl methyl sites for hydroxylation is 1. The number of benzene rings is 1. The van der Waals surface area contributed by atoms with Gasteiger partial charge in [-0.1, -0.05) is 46.3 Å². The number of rotatable bonds is 6. The Kier molecular flexibility index (Phi) is 6.37. The summed E-state index contributed by atoms with van der Waals surface area (Å²) < 4.78 is 1.19. The number of aliphatic hydroxyl groups is 1. The number of allylic oxidation sites excluding steroid dienone is 2. The van der Waals surface area contributed by atoms with Gasteiger partial charge in [0.15, 0.2) is 0 Å². The van der Waals surface area contributed by atoms with E-state index < -0.39 is 0 Å². The van der Waals surface area contributed by atoms with Crippen molar-refractivity contribution < 1.29 is 5.11 Å². The smallest absolute Gasteiger partial charge is 0.0433 e. The molecule has 0 heterocycles. The second-order valence-electron chi connectivity index (χ2n) is 3.47. The second-order valence-corrected chi connectivity index (χ2v) is 4.32. The molecule has 0 saturated carbocycles. The van der Waals surface area contributed by atoms with Crippen molar-refractivity contribution in [3.63, 3.8) is 0 Å². The Morgan fingerprint density at radius 2 is 1.87 bits per heavy atom. The molecule has 0 spiro atoms. The lowest BCUT2D eigenvalue weighted by molar-refractivity contribution is 0.289. The highest BCUT2D eigenvalue weighted by atomic mass is 79.9. The molecule has 82 valence electrons. The molecule has 2 heteroatoms. The first kappa shape index (κ1) is 12.5. The minimum absolute atomic E-state index is 0.286. The van der Waals surface area contributed by atoms with E-state index in [-0.39, 0.29) is 6.61 Å². The summed E-state index contributed by atoms with van der Waals surface area (Å²) in [6, 6.07) is 8.32. The van der Waals surface area contributed by atoms with Crippen molar-refractivity contribution in [2.75, 3.05) is 6.61 Å². The molecule has 0 saturated heterocycles. The zero-order chi connectivity index (χ0) is 10.9. The predicted octanol–water partition coefficient (Wildman–Crippen LogP) is 3.71. The van der Waals surface area contributed by atoms with Crippen molar-refractivity contribution in [3.05, 3.63) is 46.5 Å². The standard InChI is InChI=1S/C13H17BrO/c14-13-10-6-5-9-12(13)8-4-2-1-3-7-11-15/h1-2,5-6,9-10,15H,3-4,7-8,11H2/b2-1+. The SMILES string of the molecule is OCCC/C=C/CCc1ccccc1Br. The van der Waals surface area contributed by atoms with E-state index in [9.17, 15) is 0 Å². The number of halogens is 1.